The smallest absolute Gasteiger partial charge is 0.359 e. The molecule has 3 aromatic carbocycles. The number of phenols is 1. The van der Waals surface area contributed by atoms with Crippen molar-refractivity contribution in [2.24, 2.45) is 0 Å². The van der Waals surface area contributed by atoms with E-state index in [1.165, 1.54) is 16.8 Å². The van der Waals surface area contributed by atoms with Crippen LogP contribution in [0.2, 0.25) is 0 Å². The second-order valence-corrected chi connectivity index (χ2v) is 10.4. The summed E-state index contributed by atoms with van der Waals surface area (Å²) in [5.74, 6) is 2.75. The van der Waals surface area contributed by atoms with Crippen LogP contribution in [0.3, 0.4) is 0 Å². The van der Waals surface area contributed by atoms with Crippen molar-refractivity contribution >= 4 is 29.1 Å². The zero-order valence-corrected chi connectivity index (χ0v) is 24.7. The number of ether oxygens (including phenoxy) is 4. The monoisotopic (exact) mass is 584 g/mol. The van der Waals surface area contributed by atoms with E-state index in [-0.39, 0.29) is 19.0 Å². The average Bonchev–Trinajstić information content (AvgIpc) is 3.37. The fourth-order valence-corrected chi connectivity index (χ4v) is 4.60. The summed E-state index contributed by atoms with van der Waals surface area (Å²) in [7, 11) is 8.86. The van der Waals surface area contributed by atoms with Crippen molar-refractivity contribution < 1.29 is 43.0 Å². The summed E-state index contributed by atoms with van der Waals surface area (Å²) in [5, 5.41) is 19.0. The number of carboxylic acids is 1. The molecule has 0 atom stereocenters. The van der Waals surface area contributed by atoms with Gasteiger partial charge in [-0.15, -0.1) is 12.4 Å². The molecule has 0 aliphatic carbocycles. The Morgan fingerprint density at radius 2 is 1.66 bits per heavy atom. The maximum atomic E-state index is 10.00. The van der Waals surface area contributed by atoms with E-state index in [0.29, 0.717) is 17.0 Å². The number of aromatic hydroxyl groups is 1. The van der Waals surface area contributed by atoms with E-state index in [1.807, 2.05) is 33.3 Å². The van der Waals surface area contributed by atoms with E-state index in [0.717, 1.165) is 46.7 Å². The number of aromatic nitrogens is 1. The number of hydrogen-bond acceptors (Lipinski definition) is 6. The Hall–Kier alpha value is -4.21. The van der Waals surface area contributed by atoms with E-state index >= 15 is 0 Å². The molecule has 2 N–H and O–H groups in total. The molecule has 10 heteroatoms. The number of benzene rings is 3. The summed E-state index contributed by atoms with van der Waals surface area (Å²) in [6, 6.07) is 19.1. The predicted molar refractivity (Wildman–Crippen MR) is 158 cm³/mol. The highest BCUT2D eigenvalue weighted by Gasteiger charge is 2.28. The van der Waals surface area contributed by atoms with Gasteiger partial charge in [-0.05, 0) is 47.3 Å². The molecule has 6 rings (SSSR count). The molecule has 3 heterocycles. The van der Waals surface area contributed by atoms with Gasteiger partial charge < -0.3 is 33.6 Å². The van der Waals surface area contributed by atoms with Crippen molar-refractivity contribution in [2.45, 2.75) is 13.0 Å². The molecule has 0 radical (unpaired) electrons. The number of para-hydroxylation sites is 1. The number of methoxy groups -OCH3 is 2. The molecule has 0 unspecified atom stereocenters. The summed E-state index contributed by atoms with van der Waals surface area (Å²) >= 11 is 0. The van der Waals surface area contributed by atoms with E-state index in [4.69, 9.17) is 29.2 Å². The molecule has 0 saturated carbocycles. The van der Waals surface area contributed by atoms with Crippen LogP contribution in [0.1, 0.15) is 5.56 Å². The van der Waals surface area contributed by atoms with Gasteiger partial charge >= 0.3 is 5.97 Å². The number of rotatable bonds is 4. The highest BCUT2D eigenvalue weighted by atomic mass is 35.5. The maximum Gasteiger partial charge on any atom is 0.359 e. The van der Waals surface area contributed by atoms with Crippen molar-refractivity contribution in [3.05, 3.63) is 72.4 Å². The van der Waals surface area contributed by atoms with Gasteiger partial charge in [0.25, 0.3) is 0 Å². The lowest BCUT2D eigenvalue weighted by atomic mass is 9.95. The Kier molecular flexibility index (Phi) is 10.3. The minimum Gasteiger partial charge on any atom is -0.508 e. The number of halogens is 1. The highest BCUT2D eigenvalue weighted by molar-refractivity contribution is 5.91. The molecule has 0 spiro atoms. The van der Waals surface area contributed by atoms with E-state index in [9.17, 15) is 4.79 Å². The highest BCUT2D eigenvalue weighted by Crippen LogP contribution is 2.41. The van der Waals surface area contributed by atoms with E-state index in [2.05, 4.69) is 35.0 Å². The van der Waals surface area contributed by atoms with Crippen molar-refractivity contribution in [1.82, 2.24) is 0 Å². The van der Waals surface area contributed by atoms with Gasteiger partial charge in [-0.2, -0.15) is 4.57 Å². The van der Waals surface area contributed by atoms with Gasteiger partial charge in [0.15, 0.2) is 42.3 Å². The molecule has 41 heavy (non-hydrogen) atoms. The van der Waals surface area contributed by atoms with Crippen LogP contribution in [0.25, 0.3) is 22.0 Å². The number of fused-ring (bicyclic) bond motifs is 5. The van der Waals surface area contributed by atoms with Gasteiger partial charge in [0, 0.05) is 12.5 Å². The third-order valence-corrected chi connectivity index (χ3v) is 6.37. The van der Waals surface area contributed by atoms with Gasteiger partial charge in [0.05, 0.1) is 46.3 Å². The fraction of sp³-hybridized carbons (Fsp3) is 0.290. The Bertz CT molecular complexity index is 1500. The Balaban J connectivity index is 0.000000240. The Labute approximate surface area is 246 Å². The van der Waals surface area contributed by atoms with Crippen molar-refractivity contribution in [1.29, 1.82) is 0 Å². The minimum atomic E-state index is -0.752. The van der Waals surface area contributed by atoms with Crippen LogP contribution < -0.4 is 23.5 Å². The third kappa shape index (κ3) is 7.71. The quantitative estimate of drug-likeness (QED) is 0.265. The lowest BCUT2D eigenvalue weighted by molar-refractivity contribution is -0.862. The number of aryl methyl sites for hydroxylation is 2. The van der Waals surface area contributed by atoms with Gasteiger partial charge in [-0.25, -0.2) is 4.79 Å². The number of likely N-dealkylation sites (N-methyl/N-ethyl adjacent to an activating group) is 1. The van der Waals surface area contributed by atoms with Crippen LogP contribution >= 0.6 is 12.4 Å². The number of phenolic OH excluding ortho intramolecular Hbond substituents is 1. The topological polar surface area (TPSA) is 98.3 Å². The number of carbonyl (C=O) groups is 1. The summed E-state index contributed by atoms with van der Waals surface area (Å²) < 4.78 is 24.9. The molecule has 0 fully saturated rings. The van der Waals surface area contributed by atoms with Crippen LogP contribution in [0.5, 0.6) is 28.7 Å². The summed E-state index contributed by atoms with van der Waals surface area (Å²) in [6.07, 6.45) is 3.11. The first-order valence-corrected chi connectivity index (χ1v) is 12.9. The van der Waals surface area contributed by atoms with Crippen molar-refractivity contribution in [3.8, 4) is 40.0 Å². The zero-order chi connectivity index (χ0) is 28.9. The number of carboxylic acid groups (broad SMARTS) is 1. The van der Waals surface area contributed by atoms with Crippen molar-refractivity contribution in [2.75, 3.05) is 48.7 Å². The van der Waals surface area contributed by atoms with Gasteiger partial charge in [-0.3, -0.25) is 0 Å². The van der Waals surface area contributed by atoms with Crippen LogP contribution in [0.4, 0.5) is 0 Å². The van der Waals surface area contributed by atoms with Gasteiger partial charge in [-0.1, -0.05) is 18.2 Å². The van der Waals surface area contributed by atoms with Crippen molar-refractivity contribution in [3.63, 3.8) is 0 Å². The Morgan fingerprint density at radius 3 is 2.20 bits per heavy atom. The van der Waals surface area contributed by atoms with Crippen LogP contribution in [0, 0.1) is 0 Å². The average molecular weight is 585 g/mol. The van der Waals surface area contributed by atoms with Crippen LogP contribution in [-0.4, -0.2) is 69.4 Å². The minimum absolute atomic E-state index is 0. The zero-order valence-electron chi connectivity index (χ0n) is 23.9. The molecule has 218 valence electrons. The maximum absolute atomic E-state index is 10.00. The summed E-state index contributed by atoms with van der Waals surface area (Å²) in [4.78, 5) is 10.00. The van der Waals surface area contributed by atoms with E-state index < -0.39 is 5.97 Å². The predicted octanol–water partition coefficient (Wildman–Crippen LogP) is 4.69. The first-order chi connectivity index (χ1) is 19.1. The Morgan fingerprint density at radius 1 is 0.976 bits per heavy atom. The molecule has 0 saturated heterocycles. The fourth-order valence-electron chi connectivity index (χ4n) is 4.60. The lowest BCUT2D eigenvalue weighted by Crippen LogP contribution is -2.40. The summed E-state index contributed by atoms with van der Waals surface area (Å²) in [5.41, 5.74) is 3.68. The second-order valence-electron chi connectivity index (χ2n) is 10.4. The standard InChI is InChI=1S/C20H18NO4.C6H6O.C5H11NO2.ClH/c1-22-17-4-3-12-7-16-14-9-19-18(24-11-25-19)8-13(14)5-6-21(16)10-15(12)20(17)23-2;7-6-4-2-1-3-5-6;1-6(2,3)4-5(7)8;/h3-4,7-10H,5-6,11H2,1-2H3;1-5,7H;4H2,1-3H3;1H/q+1;;;/p+1. The largest absolute Gasteiger partial charge is 0.508 e. The third-order valence-electron chi connectivity index (χ3n) is 6.37. The normalized spacial score (nSPS) is 12.3. The van der Waals surface area contributed by atoms with Crippen LogP contribution in [0.15, 0.2) is 66.9 Å². The van der Waals surface area contributed by atoms with Gasteiger partial charge in [0.2, 0.25) is 12.5 Å². The molecule has 4 aromatic rings. The molecule has 9 nitrogen and oxygen atoms in total. The molecular weight excluding hydrogens is 548 g/mol. The molecule has 2 aliphatic rings. The lowest BCUT2D eigenvalue weighted by Gasteiger charge is -2.20. The number of quaternary nitrogens is 1. The molecular formula is C31H37ClN2O7+2. The molecule has 1 aromatic heterocycles. The second kappa shape index (κ2) is 13.4. The summed E-state index contributed by atoms with van der Waals surface area (Å²) in [6.45, 7) is 1.39. The first-order valence-electron chi connectivity index (χ1n) is 12.9. The number of pyridine rings is 1. The van der Waals surface area contributed by atoms with E-state index in [1.54, 1.807) is 38.5 Å². The molecule has 0 amide bonds. The number of hydrogen-bond donors (Lipinski definition) is 2. The van der Waals surface area contributed by atoms with Crippen LogP contribution in [-0.2, 0) is 17.8 Å². The van der Waals surface area contributed by atoms with Gasteiger partial charge in [0.1, 0.15) is 5.75 Å². The number of aliphatic carboxylic acids is 1. The SMILES string of the molecule is COc1ccc2cc3[n+](cc2c1OC)CCc1cc2c(cc1-3)OCO2.C[N+](C)(C)CC(=O)O.Cl.Oc1ccccc1. The number of nitrogens with zero attached hydrogens (tertiary/aromatic N) is 2. The first kappa shape index (κ1) is 31.3. The molecule has 2 aliphatic heterocycles. The molecule has 0 bridgehead atoms.